The van der Waals surface area contributed by atoms with Gasteiger partial charge in [0.15, 0.2) is 0 Å². The lowest BCUT2D eigenvalue weighted by Gasteiger charge is -2.40. The first-order valence-corrected chi connectivity index (χ1v) is 8.88. The SMILES string of the molecule is CCCn1nccc1C(NCC)C1(CC(C)C)CCCC1. The van der Waals surface area contributed by atoms with Crippen LogP contribution in [0.4, 0.5) is 0 Å². The maximum Gasteiger partial charge on any atom is 0.0559 e. The number of nitrogens with zero attached hydrogens (tertiary/aromatic N) is 2. The highest BCUT2D eigenvalue weighted by atomic mass is 15.3. The Morgan fingerprint density at radius 2 is 2.00 bits per heavy atom. The molecule has 1 atom stereocenters. The monoisotopic (exact) mass is 291 g/mol. The van der Waals surface area contributed by atoms with Gasteiger partial charge in [-0.1, -0.05) is 40.5 Å². The van der Waals surface area contributed by atoms with E-state index >= 15 is 0 Å². The van der Waals surface area contributed by atoms with Gasteiger partial charge in [0.05, 0.1) is 11.7 Å². The van der Waals surface area contributed by atoms with Crippen LogP contribution in [-0.2, 0) is 6.54 Å². The fourth-order valence-electron chi connectivity index (χ4n) is 4.33. The molecule has 1 aromatic heterocycles. The molecule has 3 nitrogen and oxygen atoms in total. The first kappa shape index (κ1) is 16.5. The smallest absolute Gasteiger partial charge is 0.0559 e. The summed E-state index contributed by atoms with van der Waals surface area (Å²) in [6.07, 6.45) is 9.94. The Morgan fingerprint density at radius 3 is 2.57 bits per heavy atom. The summed E-state index contributed by atoms with van der Waals surface area (Å²) in [6.45, 7) is 11.3. The Balaban J connectivity index is 2.33. The van der Waals surface area contributed by atoms with Gasteiger partial charge in [-0.3, -0.25) is 4.68 Å². The van der Waals surface area contributed by atoms with Crippen molar-refractivity contribution >= 4 is 0 Å². The molecule has 0 saturated heterocycles. The van der Waals surface area contributed by atoms with Crippen LogP contribution in [0.1, 0.15) is 78.0 Å². The molecule has 21 heavy (non-hydrogen) atoms. The van der Waals surface area contributed by atoms with Crippen molar-refractivity contribution in [1.82, 2.24) is 15.1 Å². The third-order valence-electron chi connectivity index (χ3n) is 4.92. The Bertz CT molecular complexity index is 416. The highest BCUT2D eigenvalue weighted by molar-refractivity contribution is 5.13. The van der Waals surface area contributed by atoms with Crippen LogP contribution in [0.3, 0.4) is 0 Å². The van der Waals surface area contributed by atoms with E-state index in [9.17, 15) is 0 Å². The van der Waals surface area contributed by atoms with Crippen LogP contribution in [0, 0.1) is 11.3 Å². The standard InChI is InChI=1S/C18H33N3/c1-5-13-21-16(9-12-20-21)17(19-6-2)18(14-15(3)4)10-7-8-11-18/h9,12,15,17,19H,5-8,10-11,13-14H2,1-4H3. The van der Waals surface area contributed by atoms with Crippen molar-refractivity contribution < 1.29 is 0 Å². The molecular weight excluding hydrogens is 258 g/mol. The maximum absolute atomic E-state index is 4.57. The van der Waals surface area contributed by atoms with Crippen LogP contribution in [0.2, 0.25) is 0 Å². The summed E-state index contributed by atoms with van der Waals surface area (Å²) < 4.78 is 2.23. The van der Waals surface area contributed by atoms with Gasteiger partial charge in [-0.25, -0.2) is 0 Å². The van der Waals surface area contributed by atoms with Crippen molar-refractivity contribution in [2.45, 2.75) is 78.8 Å². The van der Waals surface area contributed by atoms with Crippen LogP contribution >= 0.6 is 0 Å². The second-order valence-corrected chi connectivity index (χ2v) is 7.14. The third kappa shape index (κ3) is 3.68. The molecule has 1 aromatic rings. The zero-order chi connectivity index (χ0) is 15.3. The summed E-state index contributed by atoms with van der Waals surface area (Å²) in [5, 5.41) is 8.38. The highest BCUT2D eigenvalue weighted by Crippen LogP contribution is 2.51. The molecule has 1 aliphatic rings. The molecule has 3 heteroatoms. The van der Waals surface area contributed by atoms with E-state index < -0.39 is 0 Å². The lowest BCUT2D eigenvalue weighted by atomic mass is 9.71. The number of hydrogen-bond donors (Lipinski definition) is 1. The molecule has 1 fully saturated rings. The van der Waals surface area contributed by atoms with Gasteiger partial charge < -0.3 is 5.32 Å². The van der Waals surface area contributed by atoms with Crippen molar-refractivity contribution in [3.8, 4) is 0 Å². The van der Waals surface area contributed by atoms with Gasteiger partial charge in [-0.15, -0.1) is 0 Å². The second-order valence-electron chi connectivity index (χ2n) is 7.14. The number of hydrogen-bond acceptors (Lipinski definition) is 2. The summed E-state index contributed by atoms with van der Waals surface area (Å²) in [5.41, 5.74) is 1.83. The van der Waals surface area contributed by atoms with E-state index in [1.54, 1.807) is 0 Å². The zero-order valence-corrected chi connectivity index (χ0v) is 14.4. The fraction of sp³-hybridized carbons (Fsp3) is 0.833. The molecule has 1 aliphatic carbocycles. The van der Waals surface area contributed by atoms with Gasteiger partial charge in [0.25, 0.3) is 0 Å². The minimum absolute atomic E-state index is 0.426. The number of nitrogens with one attached hydrogen (secondary N) is 1. The molecule has 1 unspecified atom stereocenters. The average Bonchev–Trinajstić information content (AvgIpc) is 3.06. The molecule has 0 aliphatic heterocycles. The topological polar surface area (TPSA) is 29.9 Å². The van der Waals surface area contributed by atoms with E-state index in [2.05, 4.69) is 48.9 Å². The van der Waals surface area contributed by atoms with Gasteiger partial charge >= 0.3 is 0 Å². The van der Waals surface area contributed by atoms with Crippen LogP contribution in [0.15, 0.2) is 12.3 Å². The van der Waals surface area contributed by atoms with Crippen molar-refractivity contribution in [3.05, 3.63) is 18.0 Å². The van der Waals surface area contributed by atoms with Crippen molar-refractivity contribution in [3.63, 3.8) is 0 Å². The molecule has 1 N–H and O–H groups in total. The molecule has 0 amide bonds. The van der Waals surface area contributed by atoms with Crippen LogP contribution in [0.25, 0.3) is 0 Å². The Kier molecular flexibility index (Phi) is 5.86. The van der Waals surface area contributed by atoms with Gasteiger partial charge in [0.2, 0.25) is 0 Å². The van der Waals surface area contributed by atoms with Gasteiger partial charge in [-0.05, 0) is 49.6 Å². The molecule has 0 radical (unpaired) electrons. The van der Waals surface area contributed by atoms with Crippen molar-refractivity contribution in [1.29, 1.82) is 0 Å². The van der Waals surface area contributed by atoms with E-state index in [0.717, 1.165) is 25.4 Å². The minimum atomic E-state index is 0.426. The number of rotatable bonds is 8. The first-order valence-electron chi connectivity index (χ1n) is 8.88. The summed E-state index contributed by atoms with van der Waals surface area (Å²) in [4.78, 5) is 0. The summed E-state index contributed by atoms with van der Waals surface area (Å²) >= 11 is 0. The zero-order valence-electron chi connectivity index (χ0n) is 14.4. The van der Waals surface area contributed by atoms with Gasteiger partial charge in [0.1, 0.15) is 0 Å². The predicted molar refractivity (Wildman–Crippen MR) is 89.3 cm³/mol. The van der Waals surface area contributed by atoms with E-state index in [0.29, 0.717) is 11.5 Å². The van der Waals surface area contributed by atoms with Crippen LogP contribution < -0.4 is 5.32 Å². The normalized spacial score (nSPS) is 19.3. The van der Waals surface area contributed by atoms with Crippen molar-refractivity contribution in [2.75, 3.05) is 6.54 Å². The predicted octanol–water partition coefficient (Wildman–Crippen LogP) is 4.55. The number of aromatic nitrogens is 2. The number of aryl methyl sites for hydroxylation is 1. The van der Waals surface area contributed by atoms with E-state index in [4.69, 9.17) is 0 Å². The van der Waals surface area contributed by atoms with Gasteiger partial charge in [0, 0.05) is 12.7 Å². The molecule has 120 valence electrons. The molecule has 0 spiro atoms. The Morgan fingerprint density at radius 1 is 1.29 bits per heavy atom. The summed E-state index contributed by atoms with van der Waals surface area (Å²) in [7, 11) is 0. The molecule has 0 aromatic carbocycles. The maximum atomic E-state index is 4.57. The third-order valence-corrected chi connectivity index (χ3v) is 4.92. The van der Waals surface area contributed by atoms with Gasteiger partial charge in [-0.2, -0.15) is 5.10 Å². The molecule has 1 heterocycles. The Labute approximate surface area is 130 Å². The summed E-state index contributed by atoms with van der Waals surface area (Å²) in [5.74, 6) is 0.756. The lowest BCUT2D eigenvalue weighted by molar-refractivity contribution is 0.149. The second kappa shape index (κ2) is 7.44. The minimum Gasteiger partial charge on any atom is -0.308 e. The van der Waals surface area contributed by atoms with E-state index in [-0.39, 0.29) is 0 Å². The molecule has 1 saturated carbocycles. The van der Waals surface area contributed by atoms with Crippen LogP contribution in [0.5, 0.6) is 0 Å². The van der Waals surface area contributed by atoms with Crippen LogP contribution in [-0.4, -0.2) is 16.3 Å². The Hall–Kier alpha value is -0.830. The van der Waals surface area contributed by atoms with E-state index in [1.807, 2.05) is 6.20 Å². The first-order chi connectivity index (χ1) is 10.1. The fourth-order valence-corrected chi connectivity index (χ4v) is 4.33. The van der Waals surface area contributed by atoms with Crippen molar-refractivity contribution in [2.24, 2.45) is 11.3 Å². The quantitative estimate of drug-likeness (QED) is 0.761. The largest absolute Gasteiger partial charge is 0.308 e. The van der Waals surface area contributed by atoms with E-state index in [1.165, 1.54) is 37.8 Å². The average molecular weight is 291 g/mol. The summed E-state index contributed by atoms with van der Waals surface area (Å²) in [6, 6.07) is 2.70. The molecular formula is C18H33N3. The molecule has 2 rings (SSSR count). The molecule has 0 bridgehead atoms. The lowest BCUT2D eigenvalue weighted by Crippen LogP contribution is -2.39. The highest BCUT2D eigenvalue weighted by Gasteiger charge is 2.43.